The van der Waals surface area contributed by atoms with Crippen LogP contribution < -0.4 is 4.90 Å². The van der Waals surface area contributed by atoms with Gasteiger partial charge < -0.3 is 9.64 Å². The molecule has 106 valence electrons. The molecule has 3 heterocycles. The highest BCUT2D eigenvalue weighted by molar-refractivity contribution is 5.93. The lowest BCUT2D eigenvalue weighted by Gasteiger charge is -2.28. The Morgan fingerprint density at radius 1 is 1.10 bits per heavy atom. The molecule has 1 saturated heterocycles. The van der Waals surface area contributed by atoms with Crippen LogP contribution in [0.2, 0.25) is 0 Å². The zero-order valence-electron chi connectivity index (χ0n) is 11.6. The molecular formula is C16H16N4O. The molecule has 1 N–H and O–H groups in total. The van der Waals surface area contributed by atoms with Crippen LogP contribution in [0.25, 0.3) is 22.2 Å². The highest BCUT2D eigenvalue weighted by atomic mass is 16.5. The summed E-state index contributed by atoms with van der Waals surface area (Å²) < 4.78 is 5.40. The second-order valence-corrected chi connectivity index (χ2v) is 5.15. The number of hydrogen-bond donors (Lipinski definition) is 1. The van der Waals surface area contributed by atoms with Gasteiger partial charge in [-0.25, -0.2) is 0 Å². The molecule has 0 bridgehead atoms. The highest BCUT2D eigenvalue weighted by Crippen LogP contribution is 2.28. The van der Waals surface area contributed by atoms with Gasteiger partial charge >= 0.3 is 0 Å². The summed E-state index contributed by atoms with van der Waals surface area (Å²) in [5.41, 5.74) is 4.16. The van der Waals surface area contributed by atoms with Crippen molar-refractivity contribution >= 4 is 16.6 Å². The average molecular weight is 280 g/mol. The minimum Gasteiger partial charge on any atom is -0.378 e. The Morgan fingerprint density at radius 2 is 1.95 bits per heavy atom. The standard InChI is InChI=1S/C16H16N4O/c1-2-4-15-14(3-1)16(19-18-15)12-9-13(11-17-10-12)20-5-7-21-8-6-20/h1-4,9-11H,5-8H2,(H,18,19). The van der Waals surface area contributed by atoms with Crippen molar-refractivity contribution in [2.45, 2.75) is 0 Å². The molecule has 0 atom stereocenters. The second-order valence-electron chi connectivity index (χ2n) is 5.15. The summed E-state index contributed by atoms with van der Waals surface area (Å²) in [6.45, 7) is 3.37. The lowest BCUT2D eigenvalue weighted by molar-refractivity contribution is 0.122. The fraction of sp³-hybridized carbons (Fsp3) is 0.250. The third-order valence-corrected chi connectivity index (χ3v) is 3.84. The van der Waals surface area contributed by atoms with E-state index in [1.54, 1.807) is 0 Å². The Kier molecular flexibility index (Phi) is 3.05. The molecule has 0 radical (unpaired) electrons. The van der Waals surface area contributed by atoms with E-state index < -0.39 is 0 Å². The predicted molar refractivity (Wildman–Crippen MR) is 82.4 cm³/mol. The Hall–Kier alpha value is -2.40. The number of nitrogens with one attached hydrogen (secondary N) is 1. The number of pyridine rings is 1. The normalized spacial score (nSPS) is 15.5. The fourth-order valence-electron chi connectivity index (χ4n) is 2.74. The minimum atomic E-state index is 0.773. The van der Waals surface area contributed by atoms with Crippen molar-refractivity contribution in [3.05, 3.63) is 42.7 Å². The summed E-state index contributed by atoms with van der Waals surface area (Å²) in [5.74, 6) is 0. The molecule has 0 spiro atoms. The molecule has 21 heavy (non-hydrogen) atoms. The maximum Gasteiger partial charge on any atom is 0.102 e. The van der Waals surface area contributed by atoms with Crippen LogP contribution in [0.5, 0.6) is 0 Å². The van der Waals surface area contributed by atoms with E-state index in [9.17, 15) is 0 Å². The molecule has 0 unspecified atom stereocenters. The van der Waals surface area contributed by atoms with Gasteiger partial charge in [0.15, 0.2) is 0 Å². The van der Waals surface area contributed by atoms with Crippen LogP contribution in [0, 0.1) is 0 Å². The molecule has 2 aromatic heterocycles. The molecular weight excluding hydrogens is 264 g/mol. The number of hydrogen-bond acceptors (Lipinski definition) is 4. The average Bonchev–Trinajstić information content (AvgIpc) is 3.00. The van der Waals surface area contributed by atoms with Crippen LogP contribution in [0.15, 0.2) is 42.7 Å². The van der Waals surface area contributed by atoms with Gasteiger partial charge in [0.1, 0.15) is 5.69 Å². The lowest BCUT2D eigenvalue weighted by Crippen LogP contribution is -2.36. The van der Waals surface area contributed by atoms with Crippen LogP contribution >= 0.6 is 0 Å². The van der Waals surface area contributed by atoms with E-state index in [1.165, 1.54) is 0 Å². The SMILES string of the molecule is c1ccc2c(-c3cncc(N4CCOCC4)c3)n[nH]c2c1. The molecule has 0 amide bonds. The van der Waals surface area contributed by atoms with Gasteiger partial charge in [0, 0.05) is 30.2 Å². The summed E-state index contributed by atoms with van der Waals surface area (Å²) in [4.78, 5) is 6.69. The molecule has 0 aliphatic carbocycles. The van der Waals surface area contributed by atoms with Crippen molar-refractivity contribution in [1.82, 2.24) is 15.2 Å². The van der Waals surface area contributed by atoms with Crippen LogP contribution in [0.1, 0.15) is 0 Å². The molecule has 1 aliphatic heterocycles. The quantitative estimate of drug-likeness (QED) is 0.783. The van der Waals surface area contributed by atoms with Crippen molar-refractivity contribution in [3.63, 3.8) is 0 Å². The minimum absolute atomic E-state index is 0.773. The number of nitrogens with zero attached hydrogens (tertiary/aromatic N) is 3. The maximum atomic E-state index is 5.40. The van der Waals surface area contributed by atoms with Crippen molar-refractivity contribution in [2.24, 2.45) is 0 Å². The first-order valence-electron chi connectivity index (χ1n) is 7.13. The van der Waals surface area contributed by atoms with Crippen molar-refractivity contribution in [1.29, 1.82) is 0 Å². The first-order valence-corrected chi connectivity index (χ1v) is 7.13. The molecule has 0 saturated carbocycles. The van der Waals surface area contributed by atoms with Gasteiger partial charge in [-0.1, -0.05) is 18.2 Å². The number of anilines is 1. The number of rotatable bonds is 2. The van der Waals surface area contributed by atoms with E-state index in [4.69, 9.17) is 4.74 Å². The van der Waals surface area contributed by atoms with Gasteiger partial charge in [-0.15, -0.1) is 0 Å². The van der Waals surface area contributed by atoms with Gasteiger partial charge in [0.05, 0.1) is 30.6 Å². The Bertz CT molecular complexity index is 762. The summed E-state index contributed by atoms with van der Waals surface area (Å²) in [6, 6.07) is 10.3. The third-order valence-electron chi connectivity index (χ3n) is 3.84. The van der Waals surface area contributed by atoms with E-state index in [2.05, 4.69) is 32.2 Å². The predicted octanol–water partition coefficient (Wildman–Crippen LogP) is 2.46. The molecule has 1 fully saturated rings. The van der Waals surface area contributed by atoms with Crippen molar-refractivity contribution in [2.75, 3.05) is 31.2 Å². The van der Waals surface area contributed by atoms with Gasteiger partial charge in [-0.05, 0) is 12.1 Å². The van der Waals surface area contributed by atoms with E-state index in [0.29, 0.717) is 0 Å². The molecule has 1 aliphatic rings. The molecule has 5 nitrogen and oxygen atoms in total. The van der Waals surface area contributed by atoms with E-state index in [1.807, 2.05) is 30.6 Å². The van der Waals surface area contributed by atoms with E-state index in [0.717, 1.165) is 54.2 Å². The topological polar surface area (TPSA) is 54.0 Å². The van der Waals surface area contributed by atoms with Crippen LogP contribution in [-0.2, 0) is 4.74 Å². The molecule has 1 aromatic carbocycles. The van der Waals surface area contributed by atoms with Crippen molar-refractivity contribution < 1.29 is 4.74 Å². The van der Waals surface area contributed by atoms with Gasteiger partial charge in [0.25, 0.3) is 0 Å². The Morgan fingerprint density at radius 3 is 2.86 bits per heavy atom. The lowest BCUT2D eigenvalue weighted by atomic mass is 10.1. The molecule has 3 aromatic rings. The van der Waals surface area contributed by atoms with Gasteiger partial charge in [-0.2, -0.15) is 5.10 Å². The zero-order valence-corrected chi connectivity index (χ0v) is 11.6. The Labute approximate surface area is 122 Å². The van der Waals surface area contributed by atoms with Crippen molar-refractivity contribution in [3.8, 4) is 11.3 Å². The number of H-pyrrole nitrogens is 1. The van der Waals surface area contributed by atoms with Crippen LogP contribution in [-0.4, -0.2) is 41.5 Å². The number of aromatic nitrogens is 3. The first-order chi connectivity index (χ1) is 10.4. The summed E-state index contributed by atoms with van der Waals surface area (Å²) in [5, 5.41) is 8.64. The smallest absolute Gasteiger partial charge is 0.102 e. The zero-order chi connectivity index (χ0) is 14.1. The summed E-state index contributed by atoms with van der Waals surface area (Å²) in [6.07, 6.45) is 3.77. The number of fused-ring (bicyclic) bond motifs is 1. The van der Waals surface area contributed by atoms with E-state index in [-0.39, 0.29) is 0 Å². The van der Waals surface area contributed by atoms with Gasteiger partial charge in [-0.3, -0.25) is 10.1 Å². The molecule has 4 rings (SSSR count). The van der Waals surface area contributed by atoms with E-state index >= 15 is 0 Å². The van der Waals surface area contributed by atoms with Crippen LogP contribution in [0.3, 0.4) is 0 Å². The number of para-hydroxylation sites is 1. The Balaban J connectivity index is 1.75. The summed E-state index contributed by atoms with van der Waals surface area (Å²) >= 11 is 0. The summed E-state index contributed by atoms with van der Waals surface area (Å²) in [7, 11) is 0. The molecule has 5 heteroatoms. The van der Waals surface area contributed by atoms with Crippen LogP contribution in [0.4, 0.5) is 5.69 Å². The number of morpholine rings is 1. The largest absolute Gasteiger partial charge is 0.378 e. The third kappa shape index (κ3) is 2.25. The second kappa shape index (κ2) is 5.18. The number of aromatic amines is 1. The first kappa shape index (κ1) is 12.3. The highest BCUT2D eigenvalue weighted by Gasteiger charge is 2.14. The van der Waals surface area contributed by atoms with Gasteiger partial charge in [0.2, 0.25) is 0 Å². The monoisotopic (exact) mass is 280 g/mol. The maximum absolute atomic E-state index is 5.40. The fourth-order valence-corrected chi connectivity index (χ4v) is 2.74. The number of ether oxygens (including phenoxy) is 1. The number of benzene rings is 1.